The van der Waals surface area contributed by atoms with Gasteiger partial charge in [-0.05, 0) is 47.2 Å². The predicted molar refractivity (Wildman–Crippen MR) is 165 cm³/mol. The van der Waals surface area contributed by atoms with Gasteiger partial charge in [0, 0.05) is 12.1 Å². The highest BCUT2D eigenvalue weighted by Crippen LogP contribution is 2.41. The molecule has 1 aliphatic heterocycles. The lowest BCUT2D eigenvalue weighted by Crippen LogP contribution is -2.65. The highest BCUT2D eigenvalue weighted by atomic mass is 32.2. The first-order chi connectivity index (χ1) is 20.4. The number of hydrogen-bond donors (Lipinski definition) is 2. The van der Waals surface area contributed by atoms with E-state index in [0.29, 0.717) is 25.7 Å². The number of nitro groups is 1. The quantitative estimate of drug-likeness (QED) is 0.134. The minimum atomic E-state index is -4.29. The lowest BCUT2D eigenvalue weighted by Gasteiger charge is -2.43. The van der Waals surface area contributed by atoms with Gasteiger partial charge >= 0.3 is 5.97 Å². The smallest absolute Gasteiger partial charge is 0.308 e. The summed E-state index contributed by atoms with van der Waals surface area (Å²) < 4.78 is 40.7. The van der Waals surface area contributed by atoms with Crippen molar-refractivity contribution in [1.82, 2.24) is 4.72 Å². The summed E-state index contributed by atoms with van der Waals surface area (Å²) in [5.74, 6) is -0.432. The average Bonchev–Trinajstić information content (AvgIpc) is 3.01. The molecule has 0 aliphatic carbocycles. The number of rotatable bonds is 12. The van der Waals surface area contributed by atoms with E-state index >= 15 is 0 Å². The molecule has 4 rings (SSSR count). The first-order valence-corrected chi connectivity index (χ1v) is 17.6. The van der Waals surface area contributed by atoms with Crippen LogP contribution in [0.1, 0.15) is 46.0 Å². The molecule has 43 heavy (non-hydrogen) atoms. The Morgan fingerprint density at radius 3 is 2.14 bits per heavy atom. The summed E-state index contributed by atoms with van der Waals surface area (Å²) in [5, 5.41) is 12.6. The van der Waals surface area contributed by atoms with Crippen LogP contribution in [0.5, 0.6) is 0 Å². The van der Waals surface area contributed by atoms with Gasteiger partial charge in [-0.15, -0.1) is 0 Å². The molecule has 0 radical (unpaired) electrons. The molecule has 12 heteroatoms. The molecule has 3 atom stereocenters. The SMILES string of the molecule is COC(=O)CC1CCC(NS(=O)(=O)c2ccccc2[N+](=O)[O-])C(CCC(C)(C)[Si](O)(c2ccccc2)c2ccccc2)O1. The zero-order valence-corrected chi connectivity index (χ0v) is 26.3. The number of sulfonamides is 1. The van der Waals surface area contributed by atoms with Gasteiger partial charge in [-0.1, -0.05) is 86.6 Å². The Bertz CT molecular complexity index is 1480. The number of methoxy groups -OCH3 is 1. The Morgan fingerprint density at radius 2 is 1.58 bits per heavy atom. The number of nitrogens with one attached hydrogen (secondary N) is 1. The largest absolute Gasteiger partial charge is 0.469 e. The van der Waals surface area contributed by atoms with Crippen molar-refractivity contribution in [2.75, 3.05) is 7.11 Å². The Hall–Kier alpha value is -3.42. The monoisotopic (exact) mass is 626 g/mol. The zero-order valence-electron chi connectivity index (χ0n) is 24.5. The Morgan fingerprint density at radius 1 is 1.02 bits per heavy atom. The molecule has 0 aromatic heterocycles. The maximum absolute atomic E-state index is 13.4. The van der Waals surface area contributed by atoms with Gasteiger partial charge in [0.2, 0.25) is 10.0 Å². The summed E-state index contributed by atoms with van der Waals surface area (Å²) in [6.45, 7) is 4.03. The van der Waals surface area contributed by atoms with Gasteiger partial charge in [-0.25, -0.2) is 13.1 Å². The Labute approximate surface area is 253 Å². The fraction of sp³-hybridized carbons (Fsp3) is 0.387. The summed E-state index contributed by atoms with van der Waals surface area (Å²) in [6, 6.07) is 23.7. The highest BCUT2D eigenvalue weighted by Gasteiger charge is 2.50. The second-order valence-corrected chi connectivity index (χ2v) is 17.1. The van der Waals surface area contributed by atoms with Gasteiger partial charge in [0.15, 0.2) is 4.90 Å². The zero-order chi connectivity index (χ0) is 31.3. The Balaban J connectivity index is 1.64. The van der Waals surface area contributed by atoms with Gasteiger partial charge in [0.25, 0.3) is 14.0 Å². The summed E-state index contributed by atoms with van der Waals surface area (Å²) in [4.78, 5) is 35.0. The van der Waals surface area contributed by atoms with Gasteiger partial charge in [0.1, 0.15) is 0 Å². The number of hydrogen-bond acceptors (Lipinski definition) is 8. The van der Waals surface area contributed by atoms with E-state index in [4.69, 9.17) is 9.47 Å². The van der Waals surface area contributed by atoms with Crippen LogP contribution in [0.25, 0.3) is 0 Å². The van der Waals surface area contributed by atoms with Crippen molar-refractivity contribution in [2.45, 2.75) is 74.1 Å². The predicted octanol–water partition coefficient (Wildman–Crippen LogP) is 3.67. The molecule has 3 aromatic rings. The number of para-hydroxylation sites is 1. The summed E-state index contributed by atoms with van der Waals surface area (Å²) in [7, 11) is -6.33. The van der Waals surface area contributed by atoms with E-state index in [1.165, 1.54) is 25.3 Å². The number of carbonyl (C=O) groups excluding carboxylic acids is 1. The van der Waals surface area contributed by atoms with Crippen LogP contribution in [0.3, 0.4) is 0 Å². The second kappa shape index (κ2) is 13.5. The number of ether oxygens (including phenoxy) is 2. The van der Waals surface area contributed by atoms with Gasteiger partial charge in [0.05, 0.1) is 30.7 Å². The normalized spacial score (nSPS) is 19.5. The average molecular weight is 627 g/mol. The van der Waals surface area contributed by atoms with Crippen LogP contribution in [-0.4, -0.2) is 57.8 Å². The van der Waals surface area contributed by atoms with E-state index in [-0.39, 0.29) is 6.42 Å². The molecule has 0 bridgehead atoms. The second-order valence-electron chi connectivity index (χ2n) is 11.5. The first kappa shape index (κ1) is 32.5. The van der Waals surface area contributed by atoms with Crippen molar-refractivity contribution in [3.63, 3.8) is 0 Å². The topological polar surface area (TPSA) is 145 Å². The van der Waals surface area contributed by atoms with Gasteiger partial charge in [-0.2, -0.15) is 0 Å². The lowest BCUT2D eigenvalue weighted by atomic mass is 9.92. The van der Waals surface area contributed by atoms with Crippen LogP contribution in [0.15, 0.2) is 89.8 Å². The van der Waals surface area contributed by atoms with Crippen molar-refractivity contribution in [3.8, 4) is 0 Å². The third-order valence-electron chi connectivity index (χ3n) is 8.31. The molecule has 3 unspecified atom stereocenters. The summed E-state index contributed by atoms with van der Waals surface area (Å²) in [5.41, 5.74) is -0.519. The number of benzene rings is 3. The molecule has 3 aromatic carbocycles. The molecular formula is C31H38N2O8SSi. The molecule has 1 aliphatic rings. The third-order valence-corrected chi connectivity index (χ3v) is 14.4. The number of nitrogens with zero attached hydrogens (tertiary/aromatic N) is 1. The third kappa shape index (κ3) is 7.22. The minimum absolute atomic E-state index is 0.0206. The van der Waals surface area contributed by atoms with Crippen LogP contribution in [-0.2, 0) is 24.3 Å². The van der Waals surface area contributed by atoms with Crippen molar-refractivity contribution in [2.24, 2.45) is 0 Å². The maximum atomic E-state index is 13.4. The van der Waals surface area contributed by atoms with Crippen LogP contribution in [0, 0.1) is 10.1 Å². The van der Waals surface area contributed by atoms with E-state index < -0.39 is 63.1 Å². The van der Waals surface area contributed by atoms with Crippen LogP contribution >= 0.6 is 0 Å². The molecule has 230 valence electrons. The van der Waals surface area contributed by atoms with Crippen molar-refractivity contribution in [1.29, 1.82) is 0 Å². The van der Waals surface area contributed by atoms with Gasteiger partial charge < -0.3 is 14.3 Å². The molecule has 0 amide bonds. The molecule has 0 spiro atoms. The fourth-order valence-corrected chi connectivity index (χ4v) is 11.1. The van der Waals surface area contributed by atoms with Crippen molar-refractivity contribution >= 4 is 40.4 Å². The van der Waals surface area contributed by atoms with E-state index in [9.17, 15) is 28.1 Å². The molecule has 1 saturated heterocycles. The maximum Gasteiger partial charge on any atom is 0.308 e. The molecule has 1 fully saturated rings. The van der Waals surface area contributed by atoms with Crippen LogP contribution in [0.2, 0.25) is 5.04 Å². The first-order valence-electron chi connectivity index (χ1n) is 14.2. The molecule has 10 nitrogen and oxygen atoms in total. The fourth-order valence-electron chi connectivity index (χ4n) is 5.87. The van der Waals surface area contributed by atoms with Gasteiger partial charge in [-0.3, -0.25) is 14.9 Å². The van der Waals surface area contributed by atoms with Crippen molar-refractivity contribution in [3.05, 3.63) is 95.0 Å². The lowest BCUT2D eigenvalue weighted by molar-refractivity contribution is -0.387. The van der Waals surface area contributed by atoms with E-state index in [1.54, 1.807) is 0 Å². The van der Waals surface area contributed by atoms with Crippen LogP contribution in [0.4, 0.5) is 5.69 Å². The van der Waals surface area contributed by atoms with Crippen molar-refractivity contribution < 1.29 is 32.4 Å². The van der Waals surface area contributed by atoms with E-state index in [2.05, 4.69) is 4.72 Å². The standard InChI is InChI=1S/C31H38N2O8SSi/c1-31(2,43(39,24-12-6-4-7-13-24)25-14-8-5-9-15-25)21-20-28-26(19-18-23(41-28)22-30(34)40-3)32-42(37,38)29-17-11-10-16-27(29)33(35)36/h4-17,23,26,28,32,39H,18-22H2,1-3H3. The van der Waals surface area contributed by atoms with E-state index in [0.717, 1.165) is 16.4 Å². The van der Waals surface area contributed by atoms with Crippen LogP contribution < -0.4 is 15.1 Å². The summed E-state index contributed by atoms with van der Waals surface area (Å²) >= 11 is 0. The number of esters is 1. The number of carbonyl (C=O) groups is 1. The highest BCUT2D eigenvalue weighted by molar-refractivity contribution is 7.89. The molecular weight excluding hydrogens is 589 g/mol. The summed E-state index contributed by atoms with van der Waals surface area (Å²) in [6.07, 6.45) is 0.462. The minimum Gasteiger partial charge on any atom is -0.469 e. The Kier molecular flexibility index (Phi) is 10.2. The molecule has 2 N–H and O–H groups in total. The number of nitro benzene ring substituents is 1. The van der Waals surface area contributed by atoms with E-state index in [1.807, 2.05) is 74.5 Å². The molecule has 1 heterocycles. The molecule has 0 saturated carbocycles.